The second-order valence-electron chi connectivity index (χ2n) is 4.68. The zero-order chi connectivity index (χ0) is 15.7. The Hall–Kier alpha value is -2.77. The van der Waals surface area contributed by atoms with Crippen molar-refractivity contribution in [3.05, 3.63) is 52.2 Å². The molecule has 0 unspecified atom stereocenters. The van der Waals surface area contributed by atoms with Gasteiger partial charge in [-0.15, -0.1) is 0 Å². The molecule has 0 atom stereocenters. The number of aryl methyl sites for hydroxylation is 1. The number of aromatic nitrogens is 4. The van der Waals surface area contributed by atoms with Gasteiger partial charge >= 0.3 is 5.69 Å². The van der Waals surface area contributed by atoms with Crippen LogP contribution < -0.4 is 11.0 Å². The van der Waals surface area contributed by atoms with Crippen molar-refractivity contribution < 1.29 is 8.78 Å². The normalized spacial score (nSPS) is 11.0. The molecule has 0 fully saturated rings. The van der Waals surface area contributed by atoms with Crippen LogP contribution in [0.1, 0.15) is 12.5 Å². The molecule has 0 saturated heterocycles. The summed E-state index contributed by atoms with van der Waals surface area (Å²) in [6.45, 7) is 2.41. The molecule has 3 aromatic rings. The first kappa shape index (κ1) is 14.2. The summed E-state index contributed by atoms with van der Waals surface area (Å²) in [5.74, 6) is -0.884. The van der Waals surface area contributed by atoms with E-state index in [1.54, 1.807) is 0 Å². The standard InChI is InChI=1S/C14H13F2N5O/c1-2-21-13-11(20-14(21)22)12(18-7-19-13)17-6-8-3-4-9(15)5-10(8)16/h3-5,7H,2,6H2,1H3,(H,20,22)(H,17,18,19). The zero-order valence-electron chi connectivity index (χ0n) is 11.7. The van der Waals surface area contributed by atoms with E-state index in [9.17, 15) is 13.6 Å². The number of nitrogens with one attached hydrogen (secondary N) is 2. The third-order valence-electron chi connectivity index (χ3n) is 3.34. The summed E-state index contributed by atoms with van der Waals surface area (Å²) in [4.78, 5) is 22.6. The molecule has 114 valence electrons. The van der Waals surface area contributed by atoms with Gasteiger partial charge in [-0.1, -0.05) is 6.07 Å². The Morgan fingerprint density at radius 3 is 2.86 bits per heavy atom. The Bertz CT molecular complexity index is 887. The summed E-state index contributed by atoms with van der Waals surface area (Å²) in [6.07, 6.45) is 1.32. The number of aromatic amines is 1. The molecule has 0 aliphatic heterocycles. The fourth-order valence-electron chi connectivity index (χ4n) is 2.24. The number of hydrogen-bond donors (Lipinski definition) is 2. The lowest BCUT2D eigenvalue weighted by molar-refractivity contribution is 0.574. The minimum absolute atomic E-state index is 0.109. The van der Waals surface area contributed by atoms with Crippen LogP contribution in [0.4, 0.5) is 14.6 Å². The van der Waals surface area contributed by atoms with Crippen LogP contribution in [0.25, 0.3) is 11.2 Å². The van der Waals surface area contributed by atoms with Crippen molar-refractivity contribution in [2.24, 2.45) is 0 Å². The Morgan fingerprint density at radius 2 is 2.14 bits per heavy atom. The molecule has 0 saturated carbocycles. The second kappa shape index (κ2) is 5.55. The Balaban J connectivity index is 1.93. The number of H-pyrrole nitrogens is 1. The van der Waals surface area contributed by atoms with Crippen LogP contribution >= 0.6 is 0 Å². The number of imidazole rings is 1. The lowest BCUT2D eigenvalue weighted by atomic mass is 10.2. The Morgan fingerprint density at radius 1 is 1.32 bits per heavy atom. The number of rotatable bonds is 4. The number of anilines is 1. The third kappa shape index (κ3) is 2.43. The quantitative estimate of drug-likeness (QED) is 0.773. The van der Waals surface area contributed by atoms with Gasteiger partial charge < -0.3 is 10.3 Å². The van der Waals surface area contributed by atoms with Gasteiger partial charge in [0.2, 0.25) is 0 Å². The second-order valence-corrected chi connectivity index (χ2v) is 4.68. The van der Waals surface area contributed by atoms with Gasteiger partial charge in [-0.05, 0) is 13.0 Å². The van der Waals surface area contributed by atoms with E-state index in [0.717, 1.165) is 6.07 Å². The maximum Gasteiger partial charge on any atom is 0.327 e. The first-order valence-electron chi connectivity index (χ1n) is 6.71. The van der Waals surface area contributed by atoms with Crippen LogP contribution in [0.3, 0.4) is 0 Å². The van der Waals surface area contributed by atoms with Crippen molar-refractivity contribution in [1.82, 2.24) is 19.5 Å². The molecule has 0 amide bonds. The van der Waals surface area contributed by atoms with Crippen LogP contribution in [0, 0.1) is 11.6 Å². The van der Waals surface area contributed by atoms with Crippen molar-refractivity contribution >= 4 is 17.0 Å². The molecule has 1 aromatic carbocycles. The Labute approximate surface area is 123 Å². The fourth-order valence-corrected chi connectivity index (χ4v) is 2.24. The molecule has 0 radical (unpaired) electrons. The lowest BCUT2D eigenvalue weighted by Crippen LogP contribution is -2.15. The molecule has 2 aromatic heterocycles. The number of nitrogens with zero attached hydrogens (tertiary/aromatic N) is 3. The average molecular weight is 305 g/mol. The van der Waals surface area contributed by atoms with E-state index in [4.69, 9.17) is 0 Å². The van der Waals surface area contributed by atoms with E-state index < -0.39 is 11.6 Å². The summed E-state index contributed by atoms with van der Waals surface area (Å²) in [5, 5.41) is 2.93. The topological polar surface area (TPSA) is 75.6 Å². The van der Waals surface area contributed by atoms with Crippen molar-refractivity contribution in [2.45, 2.75) is 20.0 Å². The van der Waals surface area contributed by atoms with Gasteiger partial charge in [-0.2, -0.15) is 0 Å². The number of hydrogen-bond acceptors (Lipinski definition) is 4. The minimum atomic E-state index is -0.641. The maximum absolute atomic E-state index is 13.6. The highest BCUT2D eigenvalue weighted by Crippen LogP contribution is 2.17. The van der Waals surface area contributed by atoms with E-state index in [2.05, 4.69) is 20.3 Å². The highest BCUT2D eigenvalue weighted by molar-refractivity contribution is 5.82. The highest BCUT2D eigenvalue weighted by atomic mass is 19.1. The van der Waals surface area contributed by atoms with Gasteiger partial charge in [0.15, 0.2) is 11.5 Å². The van der Waals surface area contributed by atoms with Crippen molar-refractivity contribution in [3.8, 4) is 0 Å². The van der Waals surface area contributed by atoms with E-state index in [1.807, 2.05) is 6.92 Å². The van der Waals surface area contributed by atoms with Crippen LogP contribution in [0.5, 0.6) is 0 Å². The number of fused-ring (bicyclic) bond motifs is 1. The highest BCUT2D eigenvalue weighted by Gasteiger charge is 2.12. The summed E-state index contributed by atoms with van der Waals surface area (Å²) in [6, 6.07) is 3.36. The fraction of sp³-hybridized carbons (Fsp3) is 0.214. The van der Waals surface area contributed by atoms with Crippen LogP contribution in [-0.4, -0.2) is 19.5 Å². The minimum Gasteiger partial charge on any atom is -0.364 e. The predicted molar refractivity (Wildman–Crippen MR) is 77.5 cm³/mol. The Kier molecular flexibility index (Phi) is 3.58. The summed E-state index contributed by atoms with van der Waals surface area (Å²) < 4.78 is 28.0. The lowest BCUT2D eigenvalue weighted by Gasteiger charge is -2.07. The molecule has 8 heteroatoms. The molecule has 0 spiro atoms. The largest absolute Gasteiger partial charge is 0.364 e. The van der Waals surface area contributed by atoms with Gasteiger partial charge in [0.05, 0.1) is 0 Å². The summed E-state index contributed by atoms with van der Waals surface area (Å²) in [5.41, 5.74) is 0.945. The molecule has 0 aliphatic rings. The third-order valence-corrected chi connectivity index (χ3v) is 3.34. The van der Waals surface area contributed by atoms with E-state index in [-0.39, 0.29) is 12.2 Å². The van der Waals surface area contributed by atoms with Crippen molar-refractivity contribution in [1.29, 1.82) is 0 Å². The van der Waals surface area contributed by atoms with Gasteiger partial charge in [-0.3, -0.25) is 4.57 Å². The van der Waals surface area contributed by atoms with E-state index in [1.165, 1.54) is 23.0 Å². The zero-order valence-corrected chi connectivity index (χ0v) is 11.7. The van der Waals surface area contributed by atoms with Crippen LogP contribution in [-0.2, 0) is 13.1 Å². The van der Waals surface area contributed by atoms with Crippen molar-refractivity contribution in [3.63, 3.8) is 0 Å². The predicted octanol–water partition coefficient (Wildman–Crippen LogP) is 2.03. The van der Waals surface area contributed by atoms with E-state index in [0.29, 0.717) is 29.1 Å². The molecule has 22 heavy (non-hydrogen) atoms. The molecule has 0 aliphatic carbocycles. The van der Waals surface area contributed by atoms with Gasteiger partial charge in [-0.25, -0.2) is 23.5 Å². The maximum atomic E-state index is 13.6. The van der Waals surface area contributed by atoms with Gasteiger partial charge in [0.1, 0.15) is 23.5 Å². The number of halogens is 2. The molecule has 0 bridgehead atoms. The van der Waals surface area contributed by atoms with Gasteiger partial charge in [0.25, 0.3) is 0 Å². The average Bonchev–Trinajstić information content (AvgIpc) is 2.82. The molecule has 2 heterocycles. The summed E-state index contributed by atoms with van der Waals surface area (Å²) >= 11 is 0. The van der Waals surface area contributed by atoms with Gasteiger partial charge in [0, 0.05) is 24.7 Å². The SMILES string of the molecule is CCn1c(=O)[nH]c2c(NCc3ccc(F)cc3F)ncnc21. The van der Waals surface area contributed by atoms with Crippen molar-refractivity contribution in [2.75, 3.05) is 5.32 Å². The van der Waals surface area contributed by atoms with E-state index >= 15 is 0 Å². The summed E-state index contributed by atoms with van der Waals surface area (Å²) in [7, 11) is 0. The first-order chi connectivity index (χ1) is 10.6. The first-order valence-corrected chi connectivity index (χ1v) is 6.71. The number of benzene rings is 1. The monoisotopic (exact) mass is 305 g/mol. The van der Waals surface area contributed by atoms with Crippen LogP contribution in [0.15, 0.2) is 29.3 Å². The molecule has 3 rings (SSSR count). The molecule has 6 nitrogen and oxygen atoms in total. The smallest absolute Gasteiger partial charge is 0.327 e. The van der Waals surface area contributed by atoms with Crippen LogP contribution in [0.2, 0.25) is 0 Å². The molecular weight excluding hydrogens is 292 g/mol. The molecule has 2 N–H and O–H groups in total. The molecular formula is C14H13F2N5O.